The number of nitrogens with zero attached hydrogens (tertiary/aromatic N) is 3. The number of aldehydes is 1. The first-order chi connectivity index (χ1) is 14.5. The maximum atomic E-state index is 11.2. The lowest BCUT2D eigenvalue weighted by Crippen LogP contribution is -2.49. The van der Waals surface area contributed by atoms with Gasteiger partial charge in [-0.1, -0.05) is 6.08 Å². The Balaban J connectivity index is 2.02. The molecule has 1 aromatic carbocycles. The van der Waals surface area contributed by atoms with Gasteiger partial charge in [-0.05, 0) is 50.6 Å². The molecule has 160 valence electrons. The van der Waals surface area contributed by atoms with E-state index in [9.17, 15) is 9.90 Å². The molecule has 2 aromatic rings. The summed E-state index contributed by atoms with van der Waals surface area (Å²) in [5, 5.41) is 18.8. The minimum atomic E-state index is -0.646. The largest absolute Gasteiger partial charge is 0.497 e. The Hall–Kier alpha value is -2.77. The molecule has 0 radical (unpaired) electrons. The number of aromatic nitrogens is 2. The summed E-state index contributed by atoms with van der Waals surface area (Å²) in [6.45, 7) is 7.30. The number of fused-ring (bicyclic) bond motifs is 1. The standard InChI is InChI=1S/C23H30N4O3/c1-5-17(14-28)12-24-15-23(16(3)29)11-21(18-7-9-19(30-4)10-8-18)26-22-20(23)13-25-27(22)6-2/h5,7-10,13-14,16,24,29H,6,11-12,15H2,1-4H3. The van der Waals surface area contributed by atoms with Gasteiger partial charge in [-0.3, -0.25) is 4.79 Å². The van der Waals surface area contributed by atoms with Crippen molar-refractivity contribution >= 4 is 17.8 Å². The lowest BCUT2D eigenvalue weighted by Gasteiger charge is -2.39. The van der Waals surface area contributed by atoms with E-state index in [1.807, 2.05) is 55.9 Å². The van der Waals surface area contributed by atoms with E-state index in [-0.39, 0.29) is 0 Å². The first-order valence-corrected chi connectivity index (χ1v) is 10.3. The van der Waals surface area contributed by atoms with Crippen molar-refractivity contribution in [2.24, 2.45) is 4.99 Å². The fourth-order valence-corrected chi connectivity index (χ4v) is 3.91. The van der Waals surface area contributed by atoms with E-state index in [1.165, 1.54) is 0 Å². The van der Waals surface area contributed by atoms with Crippen LogP contribution in [0.3, 0.4) is 0 Å². The Kier molecular flexibility index (Phi) is 6.84. The molecule has 30 heavy (non-hydrogen) atoms. The lowest BCUT2D eigenvalue weighted by molar-refractivity contribution is -0.105. The van der Waals surface area contributed by atoms with Gasteiger partial charge in [-0.15, -0.1) is 0 Å². The third kappa shape index (κ3) is 4.08. The maximum Gasteiger partial charge on any atom is 0.154 e. The summed E-state index contributed by atoms with van der Waals surface area (Å²) in [6.07, 6.45) is 4.37. The van der Waals surface area contributed by atoms with Crippen LogP contribution in [0.1, 0.15) is 38.3 Å². The van der Waals surface area contributed by atoms with Gasteiger partial charge in [0.2, 0.25) is 0 Å². The predicted molar refractivity (Wildman–Crippen MR) is 118 cm³/mol. The van der Waals surface area contributed by atoms with Crippen molar-refractivity contribution in [2.45, 2.75) is 45.3 Å². The molecule has 0 bridgehead atoms. The molecule has 3 rings (SSSR count). The van der Waals surface area contributed by atoms with Crippen molar-refractivity contribution in [3.63, 3.8) is 0 Å². The molecule has 1 aliphatic heterocycles. The van der Waals surface area contributed by atoms with Crippen LogP contribution in [0, 0.1) is 0 Å². The van der Waals surface area contributed by atoms with Crippen LogP contribution in [0.4, 0.5) is 5.82 Å². The molecule has 2 atom stereocenters. The summed E-state index contributed by atoms with van der Waals surface area (Å²) >= 11 is 0. The Labute approximate surface area is 177 Å². The number of hydrogen-bond donors (Lipinski definition) is 2. The number of rotatable bonds is 9. The van der Waals surface area contributed by atoms with E-state index in [0.717, 1.165) is 34.7 Å². The second-order valence-electron chi connectivity index (χ2n) is 7.58. The van der Waals surface area contributed by atoms with Crippen molar-refractivity contribution < 1.29 is 14.6 Å². The highest BCUT2D eigenvalue weighted by Gasteiger charge is 2.44. The average Bonchev–Trinajstić information content (AvgIpc) is 3.20. The van der Waals surface area contributed by atoms with Crippen molar-refractivity contribution in [3.05, 3.63) is 53.2 Å². The molecular weight excluding hydrogens is 380 g/mol. The quantitative estimate of drug-likeness (QED) is 0.490. The molecule has 0 fully saturated rings. The summed E-state index contributed by atoms with van der Waals surface area (Å²) in [5.74, 6) is 1.56. The van der Waals surface area contributed by atoms with Crippen LogP contribution >= 0.6 is 0 Å². The SMILES string of the molecule is CC=C(C=O)CNCC1(C(C)O)CC(c2ccc(OC)cc2)=Nc2c1cnn2CC. The molecule has 7 nitrogen and oxygen atoms in total. The number of aliphatic hydroxyl groups excluding tert-OH is 1. The van der Waals surface area contributed by atoms with E-state index < -0.39 is 11.5 Å². The molecule has 0 saturated heterocycles. The highest BCUT2D eigenvalue weighted by atomic mass is 16.5. The summed E-state index contributed by atoms with van der Waals surface area (Å²) in [7, 11) is 1.64. The smallest absolute Gasteiger partial charge is 0.154 e. The van der Waals surface area contributed by atoms with Crippen LogP contribution in [0.25, 0.3) is 0 Å². The minimum Gasteiger partial charge on any atom is -0.497 e. The van der Waals surface area contributed by atoms with E-state index in [0.29, 0.717) is 31.6 Å². The maximum absolute atomic E-state index is 11.2. The number of allylic oxidation sites excluding steroid dienone is 1. The number of hydrogen-bond acceptors (Lipinski definition) is 6. The van der Waals surface area contributed by atoms with Crippen molar-refractivity contribution in [3.8, 4) is 5.75 Å². The zero-order valence-corrected chi connectivity index (χ0v) is 18.1. The van der Waals surface area contributed by atoms with Gasteiger partial charge >= 0.3 is 0 Å². The Morgan fingerprint density at radius 3 is 2.70 bits per heavy atom. The second-order valence-corrected chi connectivity index (χ2v) is 7.58. The summed E-state index contributed by atoms with van der Waals surface area (Å²) in [5.41, 5.74) is 2.88. The van der Waals surface area contributed by atoms with Crippen molar-refractivity contribution in [1.82, 2.24) is 15.1 Å². The predicted octanol–water partition coefficient (Wildman–Crippen LogP) is 2.79. The fraction of sp³-hybridized carbons (Fsp3) is 0.435. The molecule has 1 aliphatic rings. The third-order valence-electron chi connectivity index (χ3n) is 5.89. The van der Waals surface area contributed by atoms with Gasteiger partial charge < -0.3 is 15.2 Å². The Morgan fingerprint density at radius 2 is 2.13 bits per heavy atom. The first kappa shape index (κ1) is 21.9. The molecule has 0 amide bonds. The Bertz CT molecular complexity index is 944. The number of carbonyl (C=O) groups is 1. The molecule has 2 unspecified atom stereocenters. The molecule has 2 heterocycles. The van der Waals surface area contributed by atoms with Gasteiger partial charge in [0.1, 0.15) is 12.0 Å². The second kappa shape index (κ2) is 9.36. The van der Waals surface area contributed by atoms with Crippen molar-refractivity contribution in [1.29, 1.82) is 0 Å². The number of ether oxygens (including phenoxy) is 1. The van der Waals surface area contributed by atoms with Gasteiger partial charge in [-0.2, -0.15) is 5.10 Å². The molecule has 0 aliphatic carbocycles. The molecule has 2 N–H and O–H groups in total. The number of nitrogens with one attached hydrogen (secondary N) is 1. The number of aliphatic hydroxyl groups is 1. The molecule has 0 spiro atoms. The van der Waals surface area contributed by atoms with Crippen LogP contribution in [-0.2, 0) is 16.8 Å². The first-order valence-electron chi connectivity index (χ1n) is 10.3. The number of benzene rings is 1. The van der Waals surface area contributed by atoms with Gasteiger partial charge in [-0.25, -0.2) is 9.67 Å². The number of carbonyl (C=O) groups excluding carboxylic acids is 1. The summed E-state index contributed by atoms with van der Waals surface area (Å²) in [6, 6.07) is 7.80. The third-order valence-corrected chi connectivity index (χ3v) is 5.89. The zero-order chi connectivity index (χ0) is 21.7. The Morgan fingerprint density at radius 1 is 1.40 bits per heavy atom. The highest BCUT2D eigenvalue weighted by molar-refractivity contribution is 6.04. The van der Waals surface area contributed by atoms with Crippen LogP contribution in [-0.4, -0.2) is 53.2 Å². The average molecular weight is 411 g/mol. The molecular formula is C23H30N4O3. The van der Waals surface area contributed by atoms with E-state index in [1.54, 1.807) is 13.2 Å². The van der Waals surface area contributed by atoms with Crippen LogP contribution < -0.4 is 10.1 Å². The zero-order valence-electron chi connectivity index (χ0n) is 18.1. The molecule has 7 heteroatoms. The highest BCUT2D eigenvalue weighted by Crippen LogP contribution is 2.43. The number of methoxy groups -OCH3 is 1. The molecule has 1 aromatic heterocycles. The van der Waals surface area contributed by atoms with Crippen LogP contribution in [0.15, 0.2) is 47.1 Å². The minimum absolute atomic E-state index is 0.445. The topological polar surface area (TPSA) is 88.7 Å². The number of aryl methyl sites for hydroxylation is 1. The van der Waals surface area contributed by atoms with E-state index >= 15 is 0 Å². The van der Waals surface area contributed by atoms with Gasteiger partial charge in [0.25, 0.3) is 0 Å². The summed E-state index contributed by atoms with van der Waals surface area (Å²) < 4.78 is 7.13. The van der Waals surface area contributed by atoms with Crippen LogP contribution in [0.2, 0.25) is 0 Å². The summed E-state index contributed by atoms with van der Waals surface area (Å²) in [4.78, 5) is 16.1. The van der Waals surface area contributed by atoms with Crippen molar-refractivity contribution in [2.75, 3.05) is 20.2 Å². The van der Waals surface area contributed by atoms with Gasteiger partial charge in [0, 0.05) is 42.6 Å². The monoisotopic (exact) mass is 410 g/mol. The van der Waals surface area contributed by atoms with E-state index in [4.69, 9.17) is 9.73 Å². The number of aliphatic imine (C=N–C) groups is 1. The fourth-order valence-electron chi connectivity index (χ4n) is 3.91. The lowest BCUT2D eigenvalue weighted by atomic mass is 9.70. The molecule has 0 saturated carbocycles. The van der Waals surface area contributed by atoms with E-state index in [2.05, 4.69) is 10.4 Å². The van der Waals surface area contributed by atoms with Gasteiger partial charge in [0.05, 0.1) is 25.1 Å². The van der Waals surface area contributed by atoms with Crippen LogP contribution in [0.5, 0.6) is 5.75 Å². The van der Waals surface area contributed by atoms with Gasteiger partial charge in [0.15, 0.2) is 5.82 Å². The normalized spacial score (nSPS) is 19.8.